The lowest BCUT2D eigenvalue weighted by molar-refractivity contribution is 0.0421. The molecule has 0 saturated heterocycles. The first-order chi connectivity index (χ1) is 8.93. The molecule has 0 bridgehead atoms. The van der Waals surface area contributed by atoms with Crippen molar-refractivity contribution in [3.63, 3.8) is 0 Å². The van der Waals surface area contributed by atoms with E-state index in [0.29, 0.717) is 6.04 Å². The molecular weight excluding hydrogens is 238 g/mol. The molecule has 3 heteroatoms. The van der Waals surface area contributed by atoms with Gasteiger partial charge in [-0.3, -0.25) is 0 Å². The molecule has 3 nitrogen and oxygen atoms in total. The van der Waals surface area contributed by atoms with E-state index in [1.165, 1.54) is 5.56 Å². The lowest BCUT2D eigenvalue weighted by Crippen LogP contribution is -2.33. The van der Waals surface area contributed by atoms with Crippen molar-refractivity contribution in [3.8, 4) is 5.75 Å². The second-order valence-corrected chi connectivity index (χ2v) is 5.70. The van der Waals surface area contributed by atoms with Crippen LogP contribution in [0.5, 0.6) is 5.75 Å². The van der Waals surface area contributed by atoms with Crippen LogP contribution in [0, 0.1) is 0 Å². The Kier molecular flexibility index (Phi) is 6.32. The van der Waals surface area contributed by atoms with Gasteiger partial charge in [0.15, 0.2) is 0 Å². The van der Waals surface area contributed by atoms with Crippen molar-refractivity contribution in [1.82, 2.24) is 5.32 Å². The maximum Gasteiger partial charge on any atom is 0.118 e. The minimum Gasteiger partial charge on any atom is -0.497 e. The van der Waals surface area contributed by atoms with Crippen molar-refractivity contribution < 1.29 is 9.84 Å². The Morgan fingerprint density at radius 1 is 1.21 bits per heavy atom. The van der Waals surface area contributed by atoms with Gasteiger partial charge < -0.3 is 15.2 Å². The first-order valence-corrected chi connectivity index (χ1v) is 7.01. The third kappa shape index (κ3) is 6.60. The van der Waals surface area contributed by atoms with Gasteiger partial charge in [-0.2, -0.15) is 0 Å². The molecule has 0 aliphatic rings. The van der Waals surface area contributed by atoms with E-state index in [2.05, 4.69) is 31.3 Å². The van der Waals surface area contributed by atoms with Crippen LogP contribution in [0.25, 0.3) is 0 Å². The highest BCUT2D eigenvalue weighted by atomic mass is 16.5. The van der Waals surface area contributed by atoms with E-state index in [0.717, 1.165) is 31.6 Å². The van der Waals surface area contributed by atoms with Crippen molar-refractivity contribution in [2.75, 3.05) is 13.7 Å². The zero-order chi connectivity index (χ0) is 14.3. The largest absolute Gasteiger partial charge is 0.497 e. The van der Waals surface area contributed by atoms with Crippen molar-refractivity contribution in [2.45, 2.75) is 51.7 Å². The monoisotopic (exact) mass is 265 g/mol. The molecule has 19 heavy (non-hydrogen) atoms. The topological polar surface area (TPSA) is 41.5 Å². The maximum atomic E-state index is 10.3. The standard InChI is InChI=1S/C16H27NO2/c1-13(2)17-12-11-16(3,18)10-9-14-5-7-15(19-4)8-6-14/h5-8,13,17-18H,9-12H2,1-4H3. The summed E-state index contributed by atoms with van der Waals surface area (Å²) in [4.78, 5) is 0. The molecule has 0 aromatic heterocycles. The molecule has 1 aromatic rings. The van der Waals surface area contributed by atoms with Gasteiger partial charge in [0.1, 0.15) is 5.75 Å². The summed E-state index contributed by atoms with van der Waals surface area (Å²) in [6.45, 7) is 7.00. The van der Waals surface area contributed by atoms with E-state index in [4.69, 9.17) is 4.74 Å². The van der Waals surface area contributed by atoms with Gasteiger partial charge in [0.25, 0.3) is 0 Å². The number of rotatable bonds is 8. The maximum absolute atomic E-state index is 10.3. The minimum atomic E-state index is -0.609. The van der Waals surface area contributed by atoms with Crippen LogP contribution in [0.15, 0.2) is 24.3 Å². The van der Waals surface area contributed by atoms with E-state index < -0.39 is 5.60 Å². The Balaban J connectivity index is 2.36. The SMILES string of the molecule is COc1ccc(CCC(C)(O)CCNC(C)C)cc1. The predicted molar refractivity (Wildman–Crippen MR) is 79.7 cm³/mol. The number of hydrogen-bond donors (Lipinski definition) is 2. The van der Waals surface area contributed by atoms with Crippen LogP contribution in [0.4, 0.5) is 0 Å². The molecule has 2 N–H and O–H groups in total. The number of hydrogen-bond acceptors (Lipinski definition) is 3. The number of nitrogens with one attached hydrogen (secondary N) is 1. The first-order valence-electron chi connectivity index (χ1n) is 7.01. The number of methoxy groups -OCH3 is 1. The summed E-state index contributed by atoms with van der Waals surface area (Å²) < 4.78 is 5.13. The Hall–Kier alpha value is -1.06. The molecule has 0 saturated carbocycles. The van der Waals surface area contributed by atoms with E-state index in [9.17, 15) is 5.11 Å². The molecule has 0 aliphatic carbocycles. The second kappa shape index (κ2) is 7.51. The molecule has 0 heterocycles. The van der Waals surface area contributed by atoms with Gasteiger partial charge >= 0.3 is 0 Å². The number of ether oxygens (including phenoxy) is 1. The molecule has 0 radical (unpaired) electrons. The van der Waals surface area contributed by atoms with Crippen LogP contribution < -0.4 is 10.1 Å². The van der Waals surface area contributed by atoms with Gasteiger partial charge in [-0.25, -0.2) is 0 Å². The molecule has 108 valence electrons. The predicted octanol–water partition coefficient (Wildman–Crippen LogP) is 2.77. The van der Waals surface area contributed by atoms with Crippen LogP contribution in [0.2, 0.25) is 0 Å². The smallest absolute Gasteiger partial charge is 0.118 e. The van der Waals surface area contributed by atoms with E-state index in [-0.39, 0.29) is 0 Å². The Bertz CT molecular complexity index is 358. The number of aliphatic hydroxyl groups is 1. The zero-order valence-electron chi connectivity index (χ0n) is 12.6. The van der Waals surface area contributed by atoms with Gasteiger partial charge in [-0.15, -0.1) is 0 Å². The normalized spacial score (nSPS) is 14.4. The minimum absolute atomic E-state index is 0.470. The number of benzene rings is 1. The highest BCUT2D eigenvalue weighted by Crippen LogP contribution is 2.19. The van der Waals surface area contributed by atoms with Gasteiger partial charge in [-0.05, 0) is 50.4 Å². The van der Waals surface area contributed by atoms with E-state index in [1.54, 1.807) is 7.11 Å². The molecule has 0 fully saturated rings. The van der Waals surface area contributed by atoms with Crippen LogP contribution in [0.3, 0.4) is 0 Å². The molecule has 1 rings (SSSR count). The third-order valence-corrected chi connectivity index (χ3v) is 3.33. The summed E-state index contributed by atoms with van der Waals surface area (Å²) in [6.07, 6.45) is 2.44. The van der Waals surface area contributed by atoms with Gasteiger partial charge in [0.2, 0.25) is 0 Å². The van der Waals surface area contributed by atoms with Crippen LogP contribution in [-0.4, -0.2) is 30.4 Å². The quantitative estimate of drug-likeness (QED) is 0.759. The summed E-state index contributed by atoms with van der Waals surface area (Å²) in [5, 5.41) is 13.7. The zero-order valence-corrected chi connectivity index (χ0v) is 12.6. The summed E-state index contributed by atoms with van der Waals surface area (Å²) in [6, 6.07) is 8.51. The average molecular weight is 265 g/mol. The lowest BCUT2D eigenvalue weighted by atomic mass is 9.93. The van der Waals surface area contributed by atoms with Gasteiger partial charge in [0.05, 0.1) is 12.7 Å². The van der Waals surface area contributed by atoms with E-state index in [1.807, 2.05) is 19.1 Å². The van der Waals surface area contributed by atoms with Gasteiger partial charge in [-0.1, -0.05) is 26.0 Å². The fraction of sp³-hybridized carbons (Fsp3) is 0.625. The molecule has 1 aromatic carbocycles. The molecular formula is C16H27NO2. The summed E-state index contributed by atoms with van der Waals surface area (Å²) in [7, 11) is 1.67. The fourth-order valence-corrected chi connectivity index (χ4v) is 1.96. The number of aryl methyl sites for hydroxylation is 1. The van der Waals surface area contributed by atoms with Crippen LogP contribution in [-0.2, 0) is 6.42 Å². The Labute approximate surface area is 117 Å². The summed E-state index contributed by atoms with van der Waals surface area (Å²) >= 11 is 0. The fourth-order valence-electron chi connectivity index (χ4n) is 1.96. The molecule has 1 atom stereocenters. The Morgan fingerprint density at radius 3 is 2.37 bits per heavy atom. The molecule has 0 spiro atoms. The van der Waals surface area contributed by atoms with Crippen molar-refractivity contribution in [1.29, 1.82) is 0 Å². The van der Waals surface area contributed by atoms with Crippen molar-refractivity contribution >= 4 is 0 Å². The average Bonchev–Trinajstić information content (AvgIpc) is 2.36. The second-order valence-electron chi connectivity index (χ2n) is 5.70. The summed E-state index contributed by atoms with van der Waals surface area (Å²) in [5.41, 5.74) is 0.625. The highest BCUT2D eigenvalue weighted by molar-refractivity contribution is 5.27. The Morgan fingerprint density at radius 2 is 1.84 bits per heavy atom. The highest BCUT2D eigenvalue weighted by Gasteiger charge is 2.19. The van der Waals surface area contributed by atoms with Gasteiger partial charge in [0, 0.05) is 6.04 Å². The van der Waals surface area contributed by atoms with Crippen molar-refractivity contribution in [2.24, 2.45) is 0 Å². The lowest BCUT2D eigenvalue weighted by Gasteiger charge is -2.24. The van der Waals surface area contributed by atoms with Crippen LogP contribution >= 0.6 is 0 Å². The van der Waals surface area contributed by atoms with Crippen LogP contribution in [0.1, 0.15) is 39.2 Å². The molecule has 0 aliphatic heterocycles. The molecule has 0 amide bonds. The van der Waals surface area contributed by atoms with E-state index >= 15 is 0 Å². The molecule has 1 unspecified atom stereocenters. The third-order valence-electron chi connectivity index (χ3n) is 3.33. The summed E-state index contributed by atoms with van der Waals surface area (Å²) in [5.74, 6) is 0.872. The van der Waals surface area contributed by atoms with Crippen molar-refractivity contribution in [3.05, 3.63) is 29.8 Å². The first kappa shape index (κ1) is 16.0.